The van der Waals surface area contributed by atoms with E-state index in [4.69, 9.17) is 5.11 Å². The molecule has 0 spiro atoms. The summed E-state index contributed by atoms with van der Waals surface area (Å²) in [6.07, 6.45) is 0. The summed E-state index contributed by atoms with van der Waals surface area (Å²) in [6.45, 7) is 0.395. The standard InChI is InChI=1S/C14H11F2NO2/c15-10-3-1-9(2-4-10)8-17-11-5-6-12(14(18)19)13(16)7-11/h1-7,17H,8H2,(H,18,19). The average molecular weight is 263 g/mol. The highest BCUT2D eigenvalue weighted by Crippen LogP contribution is 2.15. The zero-order chi connectivity index (χ0) is 13.8. The summed E-state index contributed by atoms with van der Waals surface area (Å²) in [5, 5.41) is 11.6. The van der Waals surface area contributed by atoms with Gasteiger partial charge in [-0.1, -0.05) is 12.1 Å². The lowest BCUT2D eigenvalue weighted by atomic mass is 10.2. The second kappa shape index (κ2) is 5.48. The van der Waals surface area contributed by atoms with E-state index in [2.05, 4.69) is 5.32 Å². The Morgan fingerprint density at radius 1 is 1.11 bits per heavy atom. The zero-order valence-corrected chi connectivity index (χ0v) is 9.86. The van der Waals surface area contributed by atoms with Gasteiger partial charge in [0, 0.05) is 12.2 Å². The normalized spacial score (nSPS) is 10.2. The van der Waals surface area contributed by atoms with Crippen LogP contribution in [-0.2, 0) is 6.54 Å². The summed E-state index contributed by atoms with van der Waals surface area (Å²) >= 11 is 0. The Morgan fingerprint density at radius 2 is 1.79 bits per heavy atom. The van der Waals surface area contributed by atoms with Gasteiger partial charge in [0.05, 0.1) is 5.56 Å². The fourth-order valence-corrected chi connectivity index (χ4v) is 1.60. The molecule has 0 saturated carbocycles. The molecule has 0 heterocycles. The van der Waals surface area contributed by atoms with Gasteiger partial charge in [-0.15, -0.1) is 0 Å². The van der Waals surface area contributed by atoms with E-state index in [1.54, 1.807) is 12.1 Å². The Kier molecular flexibility index (Phi) is 3.75. The molecule has 3 nitrogen and oxygen atoms in total. The lowest BCUT2D eigenvalue weighted by Crippen LogP contribution is -2.03. The number of anilines is 1. The summed E-state index contributed by atoms with van der Waals surface area (Å²) in [5.74, 6) is -2.42. The average Bonchev–Trinajstić information content (AvgIpc) is 2.37. The second-order valence-corrected chi connectivity index (χ2v) is 3.98. The van der Waals surface area contributed by atoms with Crippen LogP contribution in [0.3, 0.4) is 0 Å². The van der Waals surface area contributed by atoms with Crippen LogP contribution in [-0.4, -0.2) is 11.1 Å². The molecule has 0 aliphatic rings. The van der Waals surface area contributed by atoms with Crippen molar-refractivity contribution >= 4 is 11.7 Å². The van der Waals surface area contributed by atoms with Crippen molar-refractivity contribution in [1.29, 1.82) is 0 Å². The van der Waals surface area contributed by atoms with Crippen molar-refractivity contribution in [3.63, 3.8) is 0 Å². The minimum atomic E-state index is -1.30. The molecule has 5 heteroatoms. The number of nitrogens with one attached hydrogen (secondary N) is 1. The highest BCUT2D eigenvalue weighted by atomic mass is 19.1. The summed E-state index contributed by atoms with van der Waals surface area (Å²) in [7, 11) is 0. The Balaban J connectivity index is 2.06. The summed E-state index contributed by atoms with van der Waals surface area (Å²) in [4.78, 5) is 10.6. The molecule has 0 aliphatic carbocycles. The molecule has 2 rings (SSSR count). The topological polar surface area (TPSA) is 49.3 Å². The van der Waals surface area contributed by atoms with E-state index in [1.165, 1.54) is 24.3 Å². The van der Waals surface area contributed by atoms with Crippen LogP contribution in [0.25, 0.3) is 0 Å². The van der Waals surface area contributed by atoms with Crippen LogP contribution in [0.1, 0.15) is 15.9 Å². The molecule has 98 valence electrons. The first-order chi connectivity index (χ1) is 9.06. The van der Waals surface area contributed by atoms with Gasteiger partial charge in [0.15, 0.2) is 0 Å². The third-order valence-corrected chi connectivity index (χ3v) is 2.61. The Hall–Kier alpha value is -2.43. The van der Waals surface area contributed by atoms with Crippen LogP contribution < -0.4 is 5.32 Å². The second-order valence-electron chi connectivity index (χ2n) is 3.98. The minimum absolute atomic E-state index is 0.319. The van der Waals surface area contributed by atoms with Crippen LogP contribution in [0.4, 0.5) is 14.5 Å². The van der Waals surface area contributed by atoms with E-state index in [0.717, 1.165) is 11.6 Å². The van der Waals surface area contributed by atoms with Gasteiger partial charge in [-0.2, -0.15) is 0 Å². The molecule has 0 atom stereocenters. The molecular weight excluding hydrogens is 252 g/mol. The quantitative estimate of drug-likeness (QED) is 0.890. The van der Waals surface area contributed by atoms with E-state index >= 15 is 0 Å². The van der Waals surface area contributed by atoms with Crippen LogP contribution in [0.15, 0.2) is 42.5 Å². The van der Waals surface area contributed by atoms with Gasteiger partial charge in [-0.25, -0.2) is 13.6 Å². The van der Waals surface area contributed by atoms with Crippen molar-refractivity contribution < 1.29 is 18.7 Å². The summed E-state index contributed by atoms with van der Waals surface area (Å²) < 4.78 is 26.1. The maximum atomic E-state index is 13.4. The maximum Gasteiger partial charge on any atom is 0.338 e. The first-order valence-electron chi connectivity index (χ1n) is 5.57. The molecule has 0 amide bonds. The van der Waals surface area contributed by atoms with Crippen LogP contribution in [0, 0.1) is 11.6 Å². The number of hydrogen-bond donors (Lipinski definition) is 2. The largest absolute Gasteiger partial charge is 0.478 e. The van der Waals surface area contributed by atoms with Gasteiger partial charge in [-0.05, 0) is 35.9 Å². The van der Waals surface area contributed by atoms with Crippen molar-refractivity contribution in [2.75, 3.05) is 5.32 Å². The van der Waals surface area contributed by atoms with E-state index in [-0.39, 0.29) is 11.4 Å². The Bertz CT molecular complexity index is 597. The molecule has 19 heavy (non-hydrogen) atoms. The van der Waals surface area contributed by atoms with Crippen molar-refractivity contribution in [2.24, 2.45) is 0 Å². The van der Waals surface area contributed by atoms with E-state index in [1.807, 2.05) is 0 Å². The molecule has 0 radical (unpaired) electrons. The molecule has 0 saturated heterocycles. The fourth-order valence-electron chi connectivity index (χ4n) is 1.60. The fraction of sp³-hybridized carbons (Fsp3) is 0.0714. The summed E-state index contributed by atoms with van der Waals surface area (Å²) in [6, 6.07) is 9.71. The van der Waals surface area contributed by atoms with Gasteiger partial charge in [0.25, 0.3) is 0 Å². The van der Waals surface area contributed by atoms with Gasteiger partial charge in [0.2, 0.25) is 0 Å². The monoisotopic (exact) mass is 263 g/mol. The molecule has 2 aromatic rings. The van der Waals surface area contributed by atoms with E-state index < -0.39 is 11.8 Å². The van der Waals surface area contributed by atoms with Crippen molar-refractivity contribution in [3.05, 3.63) is 65.2 Å². The number of halogens is 2. The molecule has 0 aliphatic heterocycles. The number of benzene rings is 2. The van der Waals surface area contributed by atoms with E-state index in [9.17, 15) is 13.6 Å². The maximum absolute atomic E-state index is 13.4. The van der Waals surface area contributed by atoms with Crippen molar-refractivity contribution in [3.8, 4) is 0 Å². The molecule has 0 unspecified atom stereocenters. The first kappa shape index (κ1) is 13.0. The Labute approximate surface area is 108 Å². The van der Waals surface area contributed by atoms with Gasteiger partial charge in [-0.3, -0.25) is 0 Å². The molecule has 0 bridgehead atoms. The third-order valence-electron chi connectivity index (χ3n) is 2.61. The zero-order valence-electron chi connectivity index (χ0n) is 9.86. The third kappa shape index (κ3) is 3.28. The highest BCUT2D eigenvalue weighted by molar-refractivity contribution is 5.88. The number of rotatable bonds is 4. The smallest absolute Gasteiger partial charge is 0.338 e. The SMILES string of the molecule is O=C(O)c1ccc(NCc2ccc(F)cc2)cc1F. The van der Waals surface area contributed by atoms with Crippen LogP contribution in [0.5, 0.6) is 0 Å². The minimum Gasteiger partial charge on any atom is -0.478 e. The number of hydrogen-bond acceptors (Lipinski definition) is 2. The molecule has 0 aromatic heterocycles. The molecular formula is C14H11F2NO2. The predicted molar refractivity (Wildman–Crippen MR) is 67.1 cm³/mol. The number of carboxylic acid groups (broad SMARTS) is 1. The number of aromatic carboxylic acids is 1. The molecule has 2 aromatic carbocycles. The number of carbonyl (C=O) groups is 1. The van der Waals surface area contributed by atoms with Crippen LogP contribution >= 0.6 is 0 Å². The summed E-state index contributed by atoms with van der Waals surface area (Å²) in [5.41, 5.74) is 0.934. The Morgan fingerprint density at radius 3 is 2.37 bits per heavy atom. The van der Waals surface area contributed by atoms with Gasteiger partial charge < -0.3 is 10.4 Å². The van der Waals surface area contributed by atoms with Crippen molar-refractivity contribution in [1.82, 2.24) is 0 Å². The van der Waals surface area contributed by atoms with Gasteiger partial charge >= 0.3 is 5.97 Å². The lowest BCUT2D eigenvalue weighted by molar-refractivity contribution is 0.0692. The van der Waals surface area contributed by atoms with Crippen LogP contribution in [0.2, 0.25) is 0 Å². The first-order valence-corrected chi connectivity index (χ1v) is 5.57. The predicted octanol–water partition coefficient (Wildman–Crippen LogP) is 3.28. The number of carboxylic acids is 1. The molecule has 0 fully saturated rings. The van der Waals surface area contributed by atoms with Crippen molar-refractivity contribution in [2.45, 2.75) is 6.54 Å². The van der Waals surface area contributed by atoms with E-state index in [0.29, 0.717) is 12.2 Å². The molecule has 2 N–H and O–H groups in total. The lowest BCUT2D eigenvalue weighted by Gasteiger charge is -2.07. The highest BCUT2D eigenvalue weighted by Gasteiger charge is 2.10. The van der Waals surface area contributed by atoms with Gasteiger partial charge in [0.1, 0.15) is 11.6 Å².